The molecule has 2 aliphatic heterocycles. The van der Waals surface area contributed by atoms with Crippen LogP contribution in [-0.4, -0.2) is 58.3 Å². The van der Waals surface area contributed by atoms with Crippen molar-refractivity contribution in [1.29, 1.82) is 0 Å². The molecule has 0 saturated carbocycles. The Balaban J connectivity index is 1.42. The highest BCUT2D eigenvalue weighted by atomic mass is 35.5. The fraction of sp³-hybridized carbons (Fsp3) is 0.438. The molecule has 2 saturated heterocycles. The zero-order valence-corrected chi connectivity index (χ0v) is 14.0. The number of hydrogen-bond acceptors (Lipinski definition) is 6. The molecule has 3 heterocycles. The zero-order valence-electron chi connectivity index (χ0n) is 13.2. The van der Waals surface area contributed by atoms with Crippen molar-refractivity contribution in [2.45, 2.75) is 18.6 Å². The molecule has 2 fully saturated rings. The van der Waals surface area contributed by atoms with E-state index in [4.69, 9.17) is 20.9 Å². The van der Waals surface area contributed by atoms with Crippen LogP contribution in [0.25, 0.3) is 11.4 Å². The van der Waals surface area contributed by atoms with E-state index >= 15 is 0 Å². The van der Waals surface area contributed by atoms with Crippen LogP contribution in [0.1, 0.15) is 12.3 Å². The van der Waals surface area contributed by atoms with Gasteiger partial charge in [0.05, 0.1) is 13.1 Å². The summed E-state index contributed by atoms with van der Waals surface area (Å²) in [5.41, 5.74) is 0.462. The number of likely N-dealkylation sites (N-methyl/N-ethyl adjacent to an activating group) is 1. The number of carbonyl (C=O) groups excluding carboxylic acids is 1. The van der Waals surface area contributed by atoms with E-state index < -0.39 is 5.60 Å². The van der Waals surface area contributed by atoms with E-state index in [0.717, 1.165) is 18.5 Å². The fourth-order valence-corrected chi connectivity index (χ4v) is 3.42. The molecule has 2 aliphatic rings. The standard InChI is InChI=1S/C16H17ClN4O3/c1-20-9-16(23-15(20)22)6-7-21(10-16)8-13-18-14(19-24-13)11-2-4-12(17)5-3-11/h2-5H,6-10H2,1H3/t16-/m0/s1. The van der Waals surface area contributed by atoms with Crippen LogP contribution in [0, 0.1) is 0 Å². The van der Waals surface area contributed by atoms with Crippen LogP contribution in [-0.2, 0) is 11.3 Å². The minimum atomic E-state index is -0.398. The number of nitrogens with zero attached hydrogens (tertiary/aromatic N) is 4. The van der Waals surface area contributed by atoms with Crippen LogP contribution in [0.3, 0.4) is 0 Å². The molecule has 0 N–H and O–H groups in total. The molecule has 1 spiro atoms. The maximum Gasteiger partial charge on any atom is 0.410 e. The van der Waals surface area contributed by atoms with Crippen LogP contribution >= 0.6 is 11.6 Å². The molecule has 0 unspecified atom stereocenters. The Kier molecular flexibility index (Phi) is 3.69. The summed E-state index contributed by atoms with van der Waals surface area (Å²) < 4.78 is 10.9. The van der Waals surface area contributed by atoms with Crippen molar-refractivity contribution < 1.29 is 14.1 Å². The first-order chi connectivity index (χ1) is 11.5. The van der Waals surface area contributed by atoms with Gasteiger partial charge in [0.15, 0.2) is 0 Å². The SMILES string of the molecule is CN1C[C@]2(CCN(Cc3nc(-c4ccc(Cl)cc4)no3)C2)OC1=O. The molecule has 126 valence electrons. The Morgan fingerprint density at radius 1 is 1.29 bits per heavy atom. The van der Waals surface area contributed by atoms with Gasteiger partial charge in [-0.2, -0.15) is 4.98 Å². The maximum atomic E-state index is 11.6. The molecule has 7 nitrogen and oxygen atoms in total. The van der Waals surface area contributed by atoms with Gasteiger partial charge in [0.25, 0.3) is 0 Å². The molecule has 0 radical (unpaired) electrons. The Morgan fingerprint density at radius 2 is 2.08 bits per heavy atom. The van der Waals surface area contributed by atoms with Crippen molar-refractivity contribution in [1.82, 2.24) is 19.9 Å². The number of rotatable bonds is 3. The molecular weight excluding hydrogens is 332 g/mol. The highest BCUT2D eigenvalue weighted by Gasteiger charge is 2.48. The third kappa shape index (κ3) is 2.85. The minimum absolute atomic E-state index is 0.250. The lowest BCUT2D eigenvalue weighted by atomic mass is 10.0. The predicted molar refractivity (Wildman–Crippen MR) is 86.5 cm³/mol. The van der Waals surface area contributed by atoms with Gasteiger partial charge >= 0.3 is 6.09 Å². The van der Waals surface area contributed by atoms with Gasteiger partial charge in [0.1, 0.15) is 5.60 Å². The van der Waals surface area contributed by atoms with Gasteiger partial charge < -0.3 is 14.2 Å². The number of benzene rings is 1. The highest BCUT2D eigenvalue weighted by Crippen LogP contribution is 2.32. The van der Waals surface area contributed by atoms with Crippen molar-refractivity contribution in [3.05, 3.63) is 35.2 Å². The van der Waals surface area contributed by atoms with Gasteiger partial charge in [-0.15, -0.1) is 0 Å². The second-order valence-corrected chi connectivity index (χ2v) is 6.82. The summed E-state index contributed by atoms with van der Waals surface area (Å²) in [6.07, 6.45) is 0.570. The number of aromatic nitrogens is 2. The summed E-state index contributed by atoms with van der Waals surface area (Å²) >= 11 is 5.89. The first kappa shape index (κ1) is 15.4. The van der Waals surface area contributed by atoms with Crippen molar-refractivity contribution >= 4 is 17.7 Å². The number of amides is 1. The smallest absolute Gasteiger partial charge is 0.410 e. The Hall–Kier alpha value is -2.12. The number of ether oxygens (including phenoxy) is 1. The first-order valence-corrected chi connectivity index (χ1v) is 8.16. The van der Waals surface area contributed by atoms with E-state index in [1.165, 1.54) is 0 Å². The number of hydrogen-bond donors (Lipinski definition) is 0. The Morgan fingerprint density at radius 3 is 2.79 bits per heavy atom. The summed E-state index contributed by atoms with van der Waals surface area (Å²) in [7, 11) is 1.76. The number of likely N-dealkylation sites (tertiary alicyclic amines) is 1. The predicted octanol–water partition coefficient (Wildman–Crippen LogP) is 2.42. The normalized spacial score (nSPS) is 24.1. The van der Waals surface area contributed by atoms with E-state index in [1.54, 1.807) is 24.1 Å². The summed E-state index contributed by atoms with van der Waals surface area (Å²) in [6, 6.07) is 7.30. The molecule has 1 aromatic carbocycles. The van der Waals surface area contributed by atoms with Gasteiger partial charge in [0, 0.05) is 37.1 Å². The van der Waals surface area contributed by atoms with Crippen molar-refractivity contribution in [2.24, 2.45) is 0 Å². The molecule has 1 atom stereocenters. The van der Waals surface area contributed by atoms with Crippen molar-refractivity contribution in [3.63, 3.8) is 0 Å². The van der Waals surface area contributed by atoms with Gasteiger partial charge in [-0.3, -0.25) is 4.90 Å². The monoisotopic (exact) mass is 348 g/mol. The van der Waals surface area contributed by atoms with E-state index in [2.05, 4.69) is 15.0 Å². The van der Waals surface area contributed by atoms with Gasteiger partial charge in [-0.1, -0.05) is 16.8 Å². The van der Waals surface area contributed by atoms with E-state index in [1.807, 2.05) is 12.1 Å². The molecule has 8 heteroatoms. The first-order valence-electron chi connectivity index (χ1n) is 7.78. The lowest BCUT2D eigenvalue weighted by molar-refractivity contribution is 0.0617. The van der Waals surface area contributed by atoms with Crippen LogP contribution in [0.15, 0.2) is 28.8 Å². The summed E-state index contributed by atoms with van der Waals surface area (Å²) in [5, 5.41) is 4.69. The van der Waals surface area contributed by atoms with Crippen LogP contribution < -0.4 is 0 Å². The summed E-state index contributed by atoms with van der Waals surface area (Å²) in [4.78, 5) is 19.8. The quantitative estimate of drug-likeness (QED) is 0.848. The summed E-state index contributed by atoms with van der Waals surface area (Å²) in [6.45, 7) is 2.69. The lowest BCUT2D eigenvalue weighted by Crippen LogP contribution is -2.37. The minimum Gasteiger partial charge on any atom is -0.439 e. The number of carbonyl (C=O) groups is 1. The third-order valence-corrected chi connectivity index (χ3v) is 4.72. The topological polar surface area (TPSA) is 71.7 Å². The van der Waals surface area contributed by atoms with E-state index in [9.17, 15) is 4.79 Å². The van der Waals surface area contributed by atoms with E-state index in [-0.39, 0.29) is 6.09 Å². The van der Waals surface area contributed by atoms with Crippen molar-refractivity contribution in [3.8, 4) is 11.4 Å². The van der Waals surface area contributed by atoms with Crippen LogP contribution in [0.2, 0.25) is 5.02 Å². The summed E-state index contributed by atoms with van der Waals surface area (Å²) in [5.74, 6) is 1.09. The number of halogens is 1. The molecule has 0 aliphatic carbocycles. The van der Waals surface area contributed by atoms with Crippen LogP contribution in [0.4, 0.5) is 4.79 Å². The molecule has 1 aromatic heterocycles. The zero-order chi connectivity index (χ0) is 16.7. The highest BCUT2D eigenvalue weighted by molar-refractivity contribution is 6.30. The lowest BCUT2D eigenvalue weighted by Gasteiger charge is -2.20. The average Bonchev–Trinajstić information content (AvgIpc) is 3.22. The molecule has 24 heavy (non-hydrogen) atoms. The van der Waals surface area contributed by atoms with Gasteiger partial charge in [-0.25, -0.2) is 4.79 Å². The molecular formula is C16H17ClN4O3. The Bertz CT molecular complexity index is 763. The molecule has 4 rings (SSSR count). The fourth-order valence-electron chi connectivity index (χ4n) is 3.29. The molecule has 2 aromatic rings. The third-order valence-electron chi connectivity index (χ3n) is 4.47. The second-order valence-electron chi connectivity index (χ2n) is 6.39. The second kappa shape index (κ2) is 5.75. The van der Waals surface area contributed by atoms with Crippen LogP contribution in [0.5, 0.6) is 0 Å². The van der Waals surface area contributed by atoms with E-state index in [0.29, 0.717) is 36.4 Å². The molecule has 1 amide bonds. The van der Waals surface area contributed by atoms with Gasteiger partial charge in [0.2, 0.25) is 11.7 Å². The molecule has 0 bridgehead atoms. The van der Waals surface area contributed by atoms with Gasteiger partial charge in [-0.05, 0) is 24.3 Å². The average molecular weight is 349 g/mol. The largest absolute Gasteiger partial charge is 0.439 e. The maximum absolute atomic E-state index is 11.6. The van der Waals surface area contributed by atoms with Crippen molar-refractivity contribution in [2.75, 3.05) is 26.7 Å². The Labute approximate surface area is 144 Å².